The lowest BCUT2D eigenvalue weighted by atomic mass is 9.99. The highest BCUT2D eigenvalue weighted by Crippen LogP contribution is 2.14. The molecule has 0 fully saturated rings. The van der Waals surface area contributed by atoms with Crippen molar-refractivity contribution in [3.8, 4) is 0 Å². The SMILES string of the molecule is Cn1cc(NC(=O)NC(C)(C)CCC(=O)O)cc(Br)c1=O. The number of aromatic nitrogens is 1. The van der Waals surface area contributed by atoms with E-state index in [1.165, 1.54) is 16.8 Å². The number of anilines is 1. The van der Waals surface area contributed by atoms with E-state index in [0.717, 1.165) is 0 Å². The van der Waals surface area contributed by atoms with Crippen molar-refractivity contribution in [1.82, 2.24) is 9.88 Å². The van der Waals surface area contributed by atoms with E-state index in [2.05, 4.69) is 26.6 Å². The van der Waals surface area contributed by atoms with E-state index in [9.17, 15) is 14.4 Å². The molecule has 0 spiro atoms. The summed E-state index contributed by atoms with van der Waals surface area (Å²) < 4.78 is 1.68. The number of carboxylic acid groups (broad SMARTS) is 1. The highest BCUT2D eigenvalue weighted by Gasteiger charge is 2.21. The molecule has 0 atom stereocenters. The fourth-order valence-electron chi connectivity index (χ4n) is 1.69. The Morgan fingerprint density at radius 3 is 2.57 bits per heavy atom. The molecular formula is C13H18BrN3O4. The minimum atomic E-state index is -0.910. The average molecular weight is 360 g/mol. The first-order valence-electron chi connectivity index (χ1n) is 6.28. The maximum absolute atomic E-state index is 11.9. The third kappa shape index (κ3) is 5.58. The van der Waals surface area contributed by atoms with Gasteiger partial charge in [-0.25, -0.2) is 4.79 Å². The highest BCUT2D eigenvalue weighted by atomic mass is 79.9. The third-order valence-electron chi connectivity index (χ3n) is 2.81. The normalized spacial score (nSPS) is 11.0. The number of hydrogen-bond donors (Lipinski definition) is 3. The maximum Gasteiger partial charge on any atom is 0.319 e. The van der Waals surface area contributed by atoms with E-state index >= 15 is 0 Å². The molecule has 116 valence electrons. The molecule has 0 aliphatic rings. The van der Waals surface area contributed by atoms with Crippen LogP contribution in [0.4, 0.5) is 10.5 Å². The summed E-state index contributed by atoms with van der Waals surface area (Å²) in [6, 6.07) is 1.04. The molecule has 21 heavy (non-hydrogen) atoms. The van der Waals surface area contributed by atoms with Crippen LogP contribution >= 0.6 is 15.9 Å². The summed E-state index contributed by atoms with van der Waals surface area (Å²) in [5, 5.41) is 14.0. The number of nitrogens with one attached hydrogen (secondary N) is 2. The van der Waals surface area contributed by atoms with Gasteiger partial charge in [-0.2, -0.15) is 0 Å². The minimum absolute atomic E-state index is 0.0291. The quantitative estimate of drug-likeness (QED) is 0.747. The van der Waals surface area contributed by atoms with E-state index in [1.54, 1.807) is 20.9 Å². The van der Waals surface area contributed by atoms with E-state index in [0.29, 0.717) is 16.6 Å². The molecule has 7 nitrogen and oxygen atoms in total. The molecule has 2 amide bonds. The molecule has 3 N–H and O–H groups in total. The number of aryl methyl sites for hydroxylation is 1. The van der Waals surface area contributed by atoms with E-state index in [1.807, 2.05) is 0 Å². The van der Waals surface area contributed by atoms with Crippen LogP contribution < -0.4 is 16.2 Å². The molecule has 0 unspecified atom stereocenters. The van der Waals surface area contributed by atoms with Gasteiger partial charge in [0.15, 0.2) is 0 Å². The number of halogens is 1. The molecule has 0 bridgehead atoms. The largest absolute Gasteiger partial charge is 0.481 e. The molecule has 1 aromatic rings. The number of pyridine rings is 1. The highest BCUT2D eigenvalue weighted by molar-refractivity contribution is 9.10. The average Bonchev–Trinajstić information content (AvgIpc) is 2.32. The van der Waals surface area contributed by atoms with Gasteiger partial charge in [0.25, 0.3) is 5.56 Å². The van der Waals surface area contributed by atoms with Gasteiger partial charge in [-0.15, -0.1) is 0 Å². The molecule has 8 heteroatoms. The first kappa shape index (κ1) is 17.2. The van der Waals surface area contributed by atoms with Crippen molar-refractivity contribution in [3.05, 3.63) is 27.1 Å². The summed E-state index contributed by atoms with van der Waals surface area (Å²) in [7, 11) is 1.58. The number of carboxylic acids is 1. The van der Waals surface area contributed by atoms with Crippen molar-refractivity contribution in [3.63, 3.8) is 0 Å². The molecule has 0 radical (unpaired) electrons. The van der Waals surface area contributed by atoms with Gasteiger partial charge in [-0.3, -0.25) is 9.59 Å². The summed E-state index contributed by atoms with van der Waals surface area (Å²) in [5.41, 5.74) is -0.404. The van der Waals surface area contributed by atoms with Gasteiger partial charge in [0.05, 0.1) is 10.2 Å². The van der Waals surface area contributed by atoms with Crippen molar-refractivity contribution in [2.45, 2.75) is 32.2 Å². The zero-order chi connectivity index (χ0) is 16.2. The lowest BCUT2D eigenvalue weighted by Crippen LogP contribution is -2.45. The van der Waals surface area contributed by atoms with Gasteiger partial charge in [0.1, 0.15) is 0 Å². The van der Waals surface area contributed by atoms with Gasteiger partial charge >= 0.3 is 12.0 Å². The second-order valence-corrected chi connectivity index (χ2v) is 6.20. The monoisotopic (exact) mass is 359 g/mol. The fourth-order valence-corrected chi connectivity index (χ4v) is 2.22. The first-order valence-corrected chi connectivity index (χ1v) is 7.07. The molecule has 0 aromatic carbocycles. The lowest BCUT2D eigenvalue weighted by molar-refractivity contribution is -0.137. The van der Waals surface area contributed by atoms with Crippen LogP contribution in [-0.4, -0.2) is 27.2 Å². The van der Waals surface area contributed by atoms with Crippen LogP contribution in [0.3, 0.4) is 0 Å². The number of carbonyl (C=O) groups excluding carboxylic acids is 1. The van der Waals surface area contributed by atoms with Crippen LogP contribution in [0, 0.1) is 0 Å². The molecule has 1 aromatic heterocycles. The standard InChI is InChI=1S/C13H18BrN3O4/c1-13(2,5-4-10(18)19)16-12(21)15-8-6-9(14)11(20)17(3)7-8/h6-7H,4-5H2,1-3H3,(H,18,19)(H2,15,16,21). The van der Waals surface area contributed by atoms with E-state index in [4.69, 9.17) is 5.11 Å². The minimum Gasteiger partial charge on any atom is -0.481 e. The molecule has 0 saturated heterocycles. The summed E-state index contributed by atoms with van der Waals surface area (Å²) in [6.07, 6.45) is 1.78. The Balaban J connectivity index is 2.69. The zero-order valence-corrected chi connectivity index (χ0v) is 13.7. The number of amides is 2. The summed E-state index contributed by atoms with van der Waals surface area (Å²) >= 11 is 3.12. The van der Waals surface area contributed by atoms with Crippen molar-refractivity contribution >= 4 is 33.6 Å². The molecule has 1 rings (SSSR count). The van der Waals surface area contributed by atoms with Crippen molar-refractivity contribution in [1.29, 1.82) is 0 Å². The Morgan fingerprint density at radius 1 is 1.43 bits per heavy atom. The molecular weight excluding hydrogens is 342 g/mol. The summed E-state index contributed by atoms with van der Waals surface area (Å²) in [4.78, 5) is 34.0. The number of rotatable bonds is 5. The maximum atomic E-state index is 11.9. The fraction of sp³-hybridized carbons (Fsp3) is 0.462. The number of hydrogen-bond acceptors (Lipinski definition) is 3. The van der Waals surface area contributed by atoms with Crippen molar-refractivity contribution < 1.29 is 14.7 Å². The molecule has 0 saturated carbocycles. The summed E-state index contributed by atoms with van der Waals surface area (Å²) in [6.45, 7) is 3.48. The molecule has 0 aliphatic heterocycles. The van der Waals surface area contributed by atoms with Gasteiger partial charge in [-0.05, 0) is 42.3 Å². The number of nitrogens with zero attached hydrogens (tertiary/aromatic N) is 1. The molecule has 0 aliphatic carbocycles. The number of carbonyl (C=O) groups is 2. The topological polar surface area (TPSA) is 100 Å². The van der Waals surface area contributed by atoms with Crippen LogP contribution in [0.25, 0.3) is 0 Å². The van der Waals surface area contributed by atoms with E-state index < -0.39 is 17.5 Å². The summed E-state index contributed by atoms with van der Waals surface area (Å²) in [5.74, 6) is -0.910. The van der Waals surface area contributed by atoms with E-state index in [-0.39, 0.29) is 12.0 Å². The van der Waals surface area contributed by atoms with Crippen LogP contribution in [0.1, 0.15) is 26.7 Å². The predicted molar refractivity (Wildman–Crippen MR) is 82.5 cm³/mol. The second-order valence-electron chi connectivity index (χ2n) is 5.35. The van der Waals surface area contributed by atoms with Crippen LogP contribution in [0.15, 0.2) is 21.5 Å². The third-order valence-corrected chi connectivity index (χ3v) is 3.38. The van der Waals surface area contributed by atoms with Crippen LogP contribution in [-0.2, 0) is 11.8 Å². The van der Waals surface area contributed by atoms with Crippen molar-refractivity contribution in [2.24, 2.45) is 7.05 Å². The zero-order valence-electron chi connectivity index (χ0n) is 12.1. The Morgan fingerprint density at radius 2 is 2.05 bits per heavy atom. The Labute approximate surface area is 130 Å². The van der Waals surface area contributed by atoms with Gasteiger partial charge in [-0.1, -0.05) is 0 Å². The van der Waals surface area contributed by atoms with Gasteiger partial charge in [0, 0.05) is 25.2 Å². The predicted octanol–water partition coefficient (Wildman–Crippen LogP) is 1.91. The second kappa shape index (κ2) is 6.75. The van der Waals surface area contributed by atoms with Gasteiger partial charge in [0.2, 0.25) is 0 Å². The lowest BCUT2D eigenvalue weighted by Gasteiger charge is -2.25. The molecule has 1 heterocycles. The Kier molecular flexibility index (Phi) is 5.54. The Hall–Kier alpha value is -1.83. The van der Waals surface area contributed by atoms with Crippen LogP contribution in [0.2, 0.25) is 0 Å². The first-order chi connectivity index (χ1) is 9.60. The van der Waals surface area contributed by atoms with Crippen molar-refractivity contribution in [2.75, 3.05) is 5.32 Å². The number of aliphatic carboxylic acids is 1. The smallest absolute Gasteiger partial charge is 0.319 e. The Bertz CT molecular complexity index is 584. The number of urea groups is 1. The van der Waals surface area contributed by atoms with Crippen LogP contribution in [0.5, 0.6) is 0 Å². The van der Waals surface area contributed by atoms with Gasteiger partial charge < -0.3 is 20.3 Å².